The minimum Gasteiger partial charge on any atom is -0.497 e. The molecular formula is C32H36N4O6. The summed E-state index contributed by atoms with van der Waals surface area (Å²) in [5.41, 5.74) is 1.69. The van der Waals surface area contributed by atoms with Crippen LogP contribution in [0.3, 0.4) is 0 Å². The Morgan fingerprint density at radius 3 is 2.19 bits per heavy atom. The number of likely N-dealkylation sites (N-methyl/N-ethyl adjacent to an activating group) is 1. The van der Waals surface area contributed by atoms with Crippen molar-refractivity contribution in [3.05, 3.63) is 110 Å². The summed E-state index contributed by atoms with van der Waals surface area (Å²) < 4.78 is 13.3. The summed E-state index contributed by atoms with van der Waals surface area (Å²) in [6.45, 7) is 2.89. The molecule has 0 saturated carbocycles. The number of aryl methyl sites for hydroxylation is 1. The highest BCUT2D eigenvalue weighted by molar-refractivity contribution is 5.97. The first kappa shape index (κ1) is 30.3. The predicted octanol–water partition coefficient (Wildman–Crippen LogP) is 3.18. The number of fused-ring (bicyclic) bond motifs is 1. The minimum absolute atomic E-state index is 0.00286. The molecule has 10 heteroatoms. The fraction of sp³-hybridized carbons (Fsp3) is 0.312. The Hall–Kier alpha value is -4.70. The molecule has 4 rings (SSSR count). The van der Waals surface area contributed by atoms with Gasteiger partial charge in [-0.1, -0.05) is 31.2 Å². The van der Waals surface area contributed by atoms with Crippen LogP contribution in [0.2, 0.25) is 0 Å². The Kier molecular flexibility index (Phi) is 9.59. The van der Waals surface area contributed by atoms with Crippen molar-refractivity contribution in [3.63, 3.8) is 0 Å². The van der Waals surface area contributed by atoms with E-state index in [2.05, 4.69) is 5.32 Å². The number of amides is 1. The summed E-state index contributed by atoms with van der Waals surface area (Å²) >= 11 is 0. The number of benzene rings is 3. The number of carbonyl (C=O) groups excluding carboxylic acids is 2. The van der Waals surface area contributed by atoms with Crippen LogP contribution in [0.5, 0.6) is 5.75 Å². The number of esters is 1. The van der Waals surface area contributed by atoms with Gasteiger partial charge >= 0.3 is 11.7 Å². The van der Waals surface area contributed by atoms with Gasteiger partial charge in [0.25, 0.3) is 11.5 Å². The number of nitrogens with zero attached hydrogens (tertiary/aromatic N) is 3. The average molecular weight is 573 g/mol. The van der Waals surface area contributed by atoms with E-state index in [-0.39, 0.29) is 23.9 Å². The Bertz CT molecular complexity index is 1690. The molecule has 1 atom stereocenters. The van der Waals surface area contributed by atoms with Crippen LogP contribution in [0.15, 0.2) is 76.3 Å². The lowest BCUT2D eigenvalue weighted by Gasteiger charge is -2.20. The molecule has 0 radical (unpaired) electrons. The van der Waals surface area contributed by atoms with Crippen molar-refractivity contribution in [2.24, 2.45) is 7.05 Å². The summed E-state index contributed by atoms with van der Waals surface area (Å²) in [5, 5.41) is 3.11. The molecule has 4 aromatic rings. The van der Waals surface area contributed by atoms with E-state index in [0.29, 0.717) is 41.7 Å². The summed E-state index contributed by atoms with van der Waals surface area (Å²) in [6.07, 6.45) is 0.475. The van der Waals surface area contributed by atoms with Crippen molar-refractivity contribution in [1.82, 2.24) is 19.4 Å². The molecule has 0 aliphatic heterocycles. The zero-order chi connectivity index (χ0) is 30.4. The lowest BCUT2D eigenvalue weighted by Crippen LogP contribution is -2.39. The van der Waals surface area contributed by atoms with Crippen molar-refractivity contribution < 1.29 is 19.1 Å². The monoisotopic (exact) mass is 572 g/mol. The van der Waals surface area contributed by atoms with Gasteiger partial charge in [-0.2, -0.15) is 0 Å². The lowest BCUT2D eigenvalue weighted by molar-refractivity contribution is 0.0233. The third-order valence-electron chi connectivity index (χ3n) is 7.05. The summed E-state index contributed by atoms with van der Waals surface area (Å²) in [4.78, 5) is 54.1. The molecular weight excluding hydrogens is 536 g/mol. The molecule has 0 bridgehead atoms. The zero-order valence-electron chi connectivity index (χ0n) is 24.5. The van der Waals surface area contributed by atoms with Gasteiger partial charge < -0.3 is 19.7 Å². The van der Waals surface area contributed by atoms with E-state index in [1.807, 2.05) is 50.2 Å². The van der Waals surface area contributed by atoms with Gasteiger partial charge in [0.2, 0.25) is 0 Å². The maximum Gasteiger partial charge on any atom is 0.338 e. The van der Waals surface area contributed by atoms with Crippen LogP contribution >= 0.6 is 0 Å². The smallest absolute Gasteiger partial charge is 0.338 e. The van der Waals surface area contributed by atoms with Crippen LogP contribution in [-0.2, 0) is 24.9 Å². The number of hydrogen-bond donors (Lipinski definition) is 1. The molecule has 0 aliphatic carbocycles. The largest absolute Gasteiger partial charge is 0.497 e. The third kappa shape index (κ3) is 6.95. The summed E-state index contributed by atoms with van der Waals surface area (Å²) in [7, 11) is 7.01. The number of aromatic nitrogens is 2. The second-order valence-corrected chi connectivity index (χ2v) is 10.4. The van der Waals surface area contributed by atoms with Crippen molar-refractivity contribution in [2.45, 2.75) is 32.5 Å². The fourth-order valence-electron chi connectivity index (χ4n) is 4.63. The first-order valence-electron chi connectivity index (χ1n) is 13.7. The average Bonchev–Trinajstić information content (AvgIpc) is 3.00. The Morgan fingerprint density at radius 2 is 1.57 bits per heavy atom. The Balaban J connectivity index is 1.53. The van der Waals surface area contributed by atoms with Crippen LogP contribution < -0.4 is 21.3 Å². The number of nitrogens with one attached hydrogen (secondary N) is 1. The first-order chi connectivity index (χ1) is 20.1. The summed E-state index contributed by atoms with van der Waals surface area (Å²) in [6, 6.07) is 18.7. The minimum atomic E-state index is -0.504. The normalized spacial score (nSPS) is 11.9. The molecule has 1 aromatic heterocycles. The molecule has 10 nitrogen and oxygen atoms in total. The van der Waals surface area contributed by atoms with Gasteiger partial charge in [0.1, 0.15) is 11.9 Å². The highest BCUT2D eigenvalue weighted by Gasteiger charge is 2.17. The highest BCUT2D eigenvalue weighted by Crippen LogP contribution is 2.14. The molecule has 0 aliphatic rings. The van der Waals surface area contributed by atoms with Gasteiger partial charge in [-0.05, 0) is 74.1 Å². The molecule has 3 aromatic carbocycles. The number of rotatable bonds is 11. The van der Waals surface area contributed by atoms with Gasteiger partial charge in [0.15, 0.2) is 0 Å². The SMILES string of the molecule is CCC(CN(C)C)OC(=O)c1ccc(Cn2c(=O)c3cc(C(=O)NCc4ccc(OC)cc4)ccc3n(C)c2=O)cc1. The topological polar surface area (TPSA) is 112 Å². The molecule has 0 fully saturated rings. The van der Waals surface area contributed by atoms with Gasteiger partial charge in [0, 0.05) is 25.7 Å². The van der Waals surface area contributed by atoms with Crippen molar-refractivity contribution >= 4 is 22.8 Å². The molecule has 1 unspecified atom stereocenters. The van der Waals surface area contributed by atoms with Crippen molar-refractivity contribution in [3.8, 4) is 5.75 Å². The second-order valence-electron chi connectivity index (χ2n) is 10.4. The van der Waals surface area contributed by atoms with E-state index < -0.39 is 17.2 Å². The van der Waals surface area contributed by atoms with Gasteiger partial charge in [-0.3, -0.25) is 18.7 Å². The molecule has 1 amide bonds. The van der Waals surface area contributed by atoms with Crippen LogP contribution in [0, 0.1) is 0 Å². The number of carbonyl (C=O) groups is 2. The van der Waals surface area contributed by atoms with Gasteiger partial charge in [0.05, 0.1) is 30.1 Å². The molecule has 0 saturated heterocycles. The third-order valence-corrected chi connectivity index (χ3v) is 7.05. The van der Waals surface area contributed by atoms with Crippen molar-refractivity contribution in [1.29, 1.82) is 0 Å². The molecule has 1 N–H and O–H groups in total. The molecule has 220 valence electrons. The van der Waals surface area contributed by atoms with E-state index in [4.69, 9.17) is 9.47 Å². The van der Waals surface area contributed by atoms with Crippen LogP contribution in [0.4, 0.5) is 0 Å². The number of hydrogen-bond acceptors (Lipinski definition) is 7. The van der Waals surface area contributed by atoms with E-state index >= 15 is 0 Å². The van der Waals surface area contributed by atoms with Crippen LogP contribution in [0.25, 0.3) is 10.9 Å². The van der Waals surface area contributed by atoms with Gasteiger partial charge in [-0.15, -0.1) is 0 Å². The van der Waals surface area contributed by atoms with E-state index in [1.165, 1.54) is 10.6 Å². The highest BCUT2D eigenvalue weighted by atomic mass is 16.5. The molecule has 1 heterocycles. The predicted molar refractivity (Wildman–Crippen MR) is 161 cm³/mol. The van der Waals surface area contributed by atoms with Crippen LogP contribution in [0.1, 0.15) is 45.2 Å². The van der Waals surface area contributed by atoms with Crippen molar-refractivity contribution in [2.75, 3.05) is 27.7 Å². The zero-order valence-corrected chi connectivity index (χ0v) is 24.5. The Morgan fingerprint density at radius 1 is 0.929 bits per heavy atom. The first-order valence-corrected chi connectivity index (χ1v) is 13.7. The second kappa shape index (κ2) is 13.3. The van der Waals surface area contributed by atoms with Crippen LogP contribution in [-0.4, -0.2) is 59.8 Å². The van der Waals surface area contributed by atoms with E-state index in [1.54, 1.807) is 50.6 Å². The maximum absolute atomic E-state index is 13.5. The van der Waals surface area contributed by atoms with Gasteiger partial charge in [-0.25, -0.2) is 9.59 Å². The maximum atomic E-state index is 13.5. The van der Waals surface area contributed by atoms with E-state index in [9.17, 15) is 19.2 Å². The lowest BCUT2D eigenvalue weighted by atomic mass is 10.1. The van der Waals surface area contributed by atoms with E-state index in [0.717, 1.165) is 15.9 Å². The molecule has 0 spiro atoms. The fourth-order valence-corrected chi connectivity index (χ4v) is 4.63. The quantitative estimate of drug-likeness (QED) is 0.275. The Labute approximate surface area is 244 Å². The number of methoxy groups -OCH3 is 1. The standard InChI is InChI=1S/C32H36N4O6/c1-6-25(20-34(2)3)42-31(39)23-11-7-22(8-12-23)19-36-30(38)27-17-24(13-16-28(27)35(4)32(36)40)29(37)33-18-21-9-14-26(41-5)15-10-21/h7-17,25H,6,18-20H2,1-5H3,(H,33,37). The summed E-state index contributed by atoms with van der Waals surface area (Å²) in [5.74, 6) is -0.0432. The molecule has 42 heavy (non-hydrogen) atoms. The number of ether oxygens (including phenoxy) is 2.